The number of halogens is 1. The lowest BCUT2D eigenvalue weighted by Crippen LogP contribution is -2.47. The van der Waals surface area contributed by atoms with Crippen molar-refractivity contribution in [3.63, 3.8) is 0 Å². The molecular weight excluding hydrogens is 440 g/mol. The van der Waals surface area contributed by atoms with Gasteiger partial charge in [-0.05, 0) is 55.8 Å². The second kappa shape index (κ2) is 9.95. The van der Waals surface area contributed by atoms with E-state index >= 15 is 0 Å². The lowest BCUT2D eigenvalue weighted by molar-refractivity contribution is 0.102. The molecule has 2 aromatic carbocycles. The molecule has 0 radical (unpaired) electrons. The van der Waals surface area contributed by atoms with Crippen LogP contribution < -0.4 is 25.6 Å². The van der Waals surface area contributed by atoms with Gasteiger partial charge >= 0.3 is 0 Å². The first-order valence-corrected chi connectivity index (χ1v) is 11.2. The van der Waals surface area contributed by atoms with Gasteiger partial charge in [0.25, 0.3) is 5.91 Å². The number of aromatic nitrogens is 2. The smallest absolute Gasteiger partial charge is 0.260 e. The average Bonchev–Trinajstić information content (AvgIpc) is 2.82. The Hall–Kier alpha value is -3.52. The van der Waals surface area contributed by atoms with Crippen molar-refractivity contribution in [2.75, 3.05) is 53.6 Å². The van der Waals surface area contributed by atoms with Gasteiger partial charge < -0.3 is 25.6 Å². The van der Waals surface area contributed by atoms with E-state index in [1.165, 1.54) is 11.8 Å². The van der Waals surface area contributed by atoms with Gasteiger partial charge in [-0.15, -0.1) is 0 Å². The molecule has 9 heteroatoms. The molecule has 0 saturated carbocycles. The number of nitrogens with two attached hydrogens (primary N) is 1. The lowest BCUT2D eigenvalue weighted by Gasteiger charge is -2.37. The maximum absolute atomic E-state index is 12.7. The quantitative estimate of drug-likeness (QED) is 0.566. The molecule has 3 N–H and O–H groups in total. The van der Waals surface area contributed by atoms with Gasteiger partial charge in [-0.25, -0.2) is 4.98 Å². The highest BCUT2D eigenvalue weighted by Gasteiger charge is 2.22. The number of piperazine rings is 1. The van der Waals surface area contributed by atoms with Gasteiger partial charge in [0.1, 0.15) is 17.1 Å². The molecule has 172 valence electrons. The molecule has 0 unspecified atom stereocenters. The van der Waals surface area contributed by atoms with E-state index in [-0.39, 0.29) is 17.3 Å². The zero-order valence-electron chi connectivity index (χ0n) is 18.7. The number of nitrogen functional groups attached to an aromatic ring is 1. The van der Waals surface area contributed by atoms with Crippen LogP contribution in [-0.4, -0.2) is 48.7 Å². The molecule has 1 amide bonds. The van der Waals surface area contributed by atoms with Crippen LogP contribution in [0.4, 0.5) is 23.1 Å². The van der Waals surface area contributed by atoms with Crippen molar-refractivity contribution in [2.24, 2.45) is 0 Å². The third kappa shape index (κ3) is 5.28. The number of hydrogen-bond acceptors (Lipinski definition) is 7. The molecule has 3 aromatic rings. The summed E-state index contributed by atoms with van der Waals surface area (Å²) in [5, 5.41) is 3.55. The van der Waals surface area contributed by atoms with Crippen molar-refractivity contribution in [3.8, 4) is 5.75 Å². The zero-order chi connectivity index (χ0) is 23.4. The van der Waals surface area contributed by atoms with Crippen LogP contribution >= 0.6 is 11.6 Å². The number of rotatable bonds is 6. The number of ether oxygens (including phenoxy) is 1. The van der Waals surface area contributed by atoms with Crippen LogP contribution in [0.15, 0.2) is 48.7 Å². The summed E-state index contributed by atoms with van der Waals surface area (Å²) in [5.74, 6) is 1.06. The fraction of sp³-hybridized carbons (Fsp3) is 0.292. The van der Waals surface area contributed by atoms with E-state index in [2.05, 4.69) is 32.0 Å². The Morgan fingerprint density at radius 2 is 1.82 bits per heavy atom. The molecule has 0 bridgehead atoms. The number of amides is 1. The Balaban J connectivity index is 1.39. The Morgan fingerprint density at radius 1 is 1.12 bits per heavy atom. The minimum atomic E-state index is -0.357. The first kappa shape index (κ1) is 22.7. The van der Waals surface area contributed by atoms with E-state index in [1.54, 1.807) is 24.3 Å². The number of hydrogen-bond donors (Lipinski definition) is 2. The van der Waals surface area contributed by atoms with Crippen LogP contribution in [0.25, 0.3) is 0 Å². The second-order valence-electron chi connectivity index (χ2n) is 7.79. The third-order valence-corrected chi connectivity index (χ3v) is 5.78. The van der Waals surface area contributed by atoms with Gasteiger partial charge in [-0.2, -0.15) is 4.98 Å². The number of carbonyl (C=O) groups is 1. The maximum atomic E-state index is 12.7. The summed E-state index contributed by atoms with van der Waals surface area (Å²) in [6.07, 6.45) is 1.48. The molecule has 1 aliphatic heterocycles. The topological polar surface area (TPSA) is 96.6 Å². The number of anilines is 4. The summed E-state index contributed by atoms with van der Waals surface area (Å²) < 4.78 is 5.42. The molecular formula is C24H27ClN6O2. The number of carbonyl (C=O) groups excluding carboxylic acids is 1. The molecule has 8 nitrogen and oxygen atoms in total. The van der Waals surface area contributed by atoms with Crippen molar-refractivity contribution < 1.29 is 9.53 Å². The first-order chi connectivity index (χ1) is 15.9. The van der Waals surface area contributed by atoms with E-state index in [1.807, 2.05) is 25.1 Å². The summed E-state index contributed by atoms with van der Waals surface area (Å²) in [5.41, 5.74) is 9.33. The van der Waals surface area contributed by atoms with Crippen LogP contribution in [0.1, 0.15) is 22.8 Å². The van der Waals surface area contributed by atoms with Gasteiger partial charge in [-0.1, -0.05) is 17.7 Å². The van der Waals surface area contributed by atoms with Crippen LogP contribution in [0, 0.1) is 6.92 Å². The fourth-order valence-electron chi connectivity index (χ4n) is 3.78. The molecule has 1 saturated heterocycles. The Labute approximate surface area is 198 Å². The molecule has 2 heterocycles. The summed E-state index contributed by atoms with van der Waals surface area (Å²) in [7, 11) is 0. The van der Waals surface area contributed by atoms with Crippen LogP contribution in [-0.2, 0) is 0 Å². The maximum Gasteiger partial charge on any atom is 0.260 e. The minimum Gasteiger partial charge on any atom is -0.494 e. The van der Waals surface area contributed by atoms with Crippen molar-refractivity contribution in [3.05, 3.63) is 64.8 Å². The largest absolute Gasteiger partial charge is 0.494 e. The van der Waals surface area contributed by atoms with Gasteiger partial charge in [0, 0.05) is 48.8 Å². The monoisotopic (exact) mass is 466 g/mol. The van der Waals surface area contributed by atoms with Gasteiger partial charge in [0.2, 0.25) is 5.95 Å². The van der Waals surface area contributed by atoms with Crippen LogP contribution in [0.5, 0.6) is 5.75 Å². The van der Waals surface area contributed by atoms with Gasteiger partial charge in [0.15, 0.2) is 0 Å². The predicted molar refractivity (Wildman–Crippen MR) is 133 cm³/mol. The highest BCUT2D eigenvalue weighted by atomic mass is 35.5. The summed E-state index contributed by atoms with van der Waals surface area (Å²) in [6, 6.07) is 13.1. The highest BCUT2D eigenvalue weighted by molar-refractivity contribution is 6.30. The van der Waals surface area contributed by atoms with E-state index in [0.717, 1.165) is 42.6 Å². The molecule has 33 heavy (non-hydrogen) atoms. The summed E-state index contributed by atoms with van der Waals surface area (Å²) in [6.45, 7) is 7.68. The lowest BCUT2D eigenvalue weighted by atomic mass is 10.1. The highest BCUT2D eigenvalue weighted by Crippen LogP contribution is 2.26. The zero-order valence-corrected chi connectivity index (χ0v) is 19.5. The SMILES string of the molecule is CCOc1ccc(NC(=O)c2cnc(N3CCN(c4cc(Cl)ccc4C)CC3)nc2N)cc1. The van der Waals surface area contributed by atoms with Crippen molar-refractivity contribution in [1.82, 2.24) is 9.97 Å². The Morgan fingerprint density at radius 3 is 2.48 bits per heavy atom. The number of nitrogens with zero attached hydrogens (tertiary/aromatic N) is 4. The second-order valence-corrected chi connectivity index (χ2v) is 8.22. The molecule has 4 rings (SSSR count). The van der Waals surface area contributed by atoms with E-state index in [0.29, 0.717) is 18.2 Å². The average molecular weight is 467 g/mol. The molecule has 0 atom stereocenters. The van der Waals surface area contributed by atoms with E-state index in [4.69, 9.17) is 22.1 Å². The van der Waals surface area contributed by atoms with E-state index in [9.17, 15) is 4.79 Å². The standard InChI is InChI=1S/C24H27ClN6O2/c1-3-33-19-8-6-18(7-9-19)28-23(32)20-15-27-24(29-22(20)26)31-12-10-30(11-13-31)21-14-17(25)5-4-16(21)2/h4-9,14-15H,3,10-13H2,1-2H3,(H,28,32)(H2,26,27,29). The third-order valence-electron chi connectivity index (χ3n) is 5.55. The molecule has 1 aromatic heterocycles. The number of nitrogens with one attached hydrogen (secondary N) is 1. The predicted octanol–water partition coefficient (Wildman–Crippen LogP) is 4.00. The fourth-order valence-corrected chi connectivity index (χ4v) is 3.95. The molecule has 1 fully saturated rings. The van der Waals surface area contributed by atoms with Crippen molar-refractivity contribution in [1.29, 1.82) is 0 Å². The summed E-state index contributed by atoms with van der Waals surface area (Å²) in [4.78, 5) is 25.8. The minimum absolute atomic E-state index is 0.150. The molecule has 0 aliphatic carbocycles. The van der Waals surface area contributed by atoms with Crippen molar-refractivity contribution in [2.45, 2.75) is 13.8 Å². The van der Waals surface area contributed by atoms with Gasteiger partial charge in [-0.3, -0.25) is 4.79 Å². The van der Waals surface area contributed by atoms with Crippen molar-refractivity contribution >= 4 is 40.6 Å². The van der Waals surface area contributed by atoms with Crippen LogP contribution in [0.2, 0.25) is 5.02 Å². The number of benzene rings is 2. The van der Waals surface area contributed by atoms with E-state index < -0.39 is 0 Å². The Bertz CT molecular complexity index is 1130. The van der Waals surface area contributed by atoms with Crippen LogP contribution in [0.3, 0.4) is 0 Å². The first-order valence-electron chi connectivity index (χ1n) is 10.9. The normalized spacial score (nSPS) is 13.7. The van der Waals surface area contributed by atoms with Gasteiger partial charge in [0.05, 0.1) is 6.61 Å². The number of aryl methyl sites for hydroxylation is 1. The molecule has 0 spiro atoms. The molecule has 1 aliphatic rings. The summed E-state index contributed by atoms with van der Waals surface area (Å²) >= 11 is 6.18. The Kier molecular flexibility index (Phi) is 6.84.